The van der Waals surface area contributed by atoms with E-state index in [1.807, 2.05) is 28.8 Å². The van der Waals surface area contributed by atoms with Gasteiger partial charge < -0.3 is 14.4 Å². The number of aromatic nitrogens is 1. The molecule has 3 aromatic rings. The molecule has 1 aliphatic rings. The van der Waals surface area contributed by atoms with Crippen LogP contribution >= 0.6 is 23.2 Å². The van der Waals surface area contributed by atoms with E-state index >= 15 is 0 Å². The zero-order chi connectivity index (χ0) is 21.3. The fraction of sp³-hybridized carbons (Fsp3) is 0.304. The van der Waals surface area contributed by atoms with E-state index in [2.05, 4.69) is 0 Å². The van der Waals surface area contributed by atoms with Crippen molar-refractivity contribution < 1.29 is 14.6 Å². The highest BCUT2D eigenvalue weighted by Crippen LogP contribution is 2.30. The van der Waals surface area contributed by atoms with Gasteiger partial charge in [-0.25, -0.2) is 4.79 Å². The highest BCUT2D eigenvalue weighted by molar-refractivity contribution is 6.42. The van der Waals surface area contributed by atoms with E-state index in [1.54, 1.807) is 12.1 Å². The molecule has 0 aliphatic heterocycles. The van der Waals surface area contributed by atoms with E-state index < -0.39 is 11.6 Å². The van der Waals surface area contributed by atoms with Gasteiger partial charge in [0.1, 0.15) is 0 Å². The van der Waals surface area contributed by atoms with Crippen molar-refractivity contribution in [2.45, 2.75) is 38.6 Å². The van der Waals surface area contributed by atoms with Crippen molar-refractivity contribution >= 4 is 40.3 Å². The van der Waals surface area contributed by atoms with Gasteiger partial charge in [-0.15, -0.1) is 0 Å². The van der Waals surface area contributed by atoms with Crippen molar-refractivity contribution in [3.8, 4) is 5.75 Å². The third-order valence-corrected chi connectivity index (χ3v) is 6.52. The Morgan fingerprint density at radius 3 is 2.67 bits per heavy atom. The second-order valence-electron chi connectivity index (χ2n) is 7.73. The first-order chi connectivity index (χ1) is 14.4. The summed E-state index contributed by atoms with van der Waals surface area (Å²) in [5.74, 6) is 0.337. The van der Waals surface area contributed by atoms with Crippen LogP contribution in [0.5, 0.6) is 5.75 Å². The summed E-state index contributed by atoms with van der Waals surface area (Å²) in [4.78, 5) is 24.0. The molecule has 30 heavy (non-hydrogen) atoms. The molecule has 7 heteroatoms. The fourth-order valence-corrected chi connectivity index (χ4v) is 4.61. The van der Waals surface area contributed by atoms with Crippen LogP contribution in [0, 0.1) is 5.92 Å². The molecule has 2 aromatic carbocycles. The van der Waals surface area contributed by atoms with Crippen LogP contribution in [0.3, 0.4) is 0 Å². The van der Waals surface area contributed by atoms with Gasteiger partial charge in [0.05, 0.1) is 21.8 Å². The average molecular weight is 446 g/mol. The maximum Gasteiger partial charge on any atom is 0.511 e. The SMILES string of the molecule is O=C(O)Oc1cn(CC2CCCC2)c2ccc(Cc3cccc(Cl)c3Cl)cc2c1=O. The third-order valence-electron chi connectivity index (χ3n) is 5.66. The van der Waals surface area contributed by atoms with Gasteiger partial charge in [-0.05, 0) is 54.5 Å². The Hall–Kier alpha value is -2.50. The van der Waals surface area contributed by atoms with Crippen LogP contribution < -0.4 is 10.2 Å². The molecule has 156 valence electrons. The molecule has 0 radical (unpaired) electrons. The van der Waals surface area contributed by atoms with Gasteiger partial charge >= 0.3 is 6.16 Å². The van der Waals surface area contributed by atoms with E-state index in [0.717, 1.165) is 36.0 Å². The summed E-state index contributed by atoms with van der Waals surface area (Å²) in [5, 5.41) is 10.4. The van der Waals surface area contributed by atoms with Crippen molar-refractivity contribution in [2.24, 2.45) is 5.92 Å². The number of ether oxygens (including phenoxy) is 1. The highest BCUT2D eigenvalue weighted by atomic mass is 35.5. The topological polar surface area (TPSA) is 68.5 Å². The summed E-state index contributed by atoms with van der Waals surface area (Å²) in [6.07, 6.45) is 5.19. The van der Waals surface area contributed by atoms with Crippen molar-refractivity contribution in [3.05, 3.63) is 74.0 Å². The molecule has 1 aromatic heterocycles. The van der Waals surface area contributed by atoms with Gasteiger partial charge in [0.25, 0.3) is 0 Å². The molecule has 1 fully saturated rings. The van der Waals surface area contributed by atoms with Crippen LogP contribution in [-0.4, -0.2) is 15.8 Å². The van der Waals surface area contributed by atoms with E-state index in [4.69, 9.17) is 33.0 Å². The second kappa shape index (κ2) is 8.70. The van der Waals surface area contributed by atoms with Crippen molar-refractivity contribution in [2.75, 3.05) is 0 Å². The molecule has 1 aliphatic carbocycles. The van der Waals surface area contributed by atoms with Crippen molar-refractivity contribution in [1.29, 1.82) is 0 Å². The third kappa shape index (κ3) is 4.32. The Morgan fingerprint density at radius 1 is 1.17 bits per heavy atom. The van der Waals surface area contributed by atoms with E-state index in [0.29, 0.717) is 27.8 Å². The Kier molecular flexibility index (Phi) is 6.02. The quantitative estimate of drug-likeness (QED) is 0.478. The first-order valence-electron chi connectivity index (χ1n) is 9.92. The molecule has 1 N–H and O–H groups in total. The summed E-state index contributed by atoms with van der Waals surface area (Å²) in [6.45, 7) is 0.728. The van der Waals surface area contributed by atoms with Crippen LogP contribution in [0.15, 0.2) is 47.4 Å². The Morgan fingerprint density at radius 2 is 1.93 bits per heavy atom. The molecule has 1 heterocycles. The molecule has 0 spiro atoms. The fourth-order valence-electron chi connectivity index (χ4n) is 4.22. The van der Waals surface area contributed by atoms with Gasteiger partial charge in [-0.1, -0.05) is 54.2 Å². The molecule has 0 saturated heterocycles. The number of pyridine rings is 1. The summed E-state index contributed by atoms with van der Waals surface area (Å²) in [7, 11) is 0. The van der Waals surface area contributed by atoms with E-state index in [1.165, 1.54) is 19.0 Å². The first-order valence-corrected chi connectivity index (χ1v) is 10.7. The lowest BCUT2D eigenvalue weighted by molar-refractivity contribution is 0.143. The summed E-state index contributed by atoms with van der Waals surface area (Å²) in [5.41, 5.74) is 2.07. The molecule has 0 unspecified atom stereocenters. The van der Waals surface area contributed by atoms with Gasteiger partial charge in [-0.2, -0.15) is 0 Å². The zero-order valence-corrected chi connectivity index (χ0v) is 17.7. The highest BCUT2D eigenvalue weighted by Gasteiger charge is 2.19. The second-order valence-corrected chi connectivity index (χ2v) is 8.52. The maximum absolute atomic E-state index is 12.9. The lowest BCUT2D eigenvalue weighted by Crippen LogP contribution is -2.18. The molecule has 5 nitrogen and oxygen atoms in total. The molecule has 0 atom stereocenters. The van der Waals surface area contributed by atoms with Crippen LogP contribution in [0.1, 0.15) is 36.8 Å². The van der Waals surface area contributed by atoms with Crippen LogP contribution in [0.2, 0.25) is 10.0 Å². The lowest BCUT2D eigenvalue weighted by atomic mass is 10.0. The molecule has 0 bridgehead atoms. The summed E-state index contributed by atoms with van der Waals surface area (Å²) >= 11 is 12.4. The number of hydrogen-bond donors (Lipinski definition) is 1. The minimum atomic E-state index is -1.50. The number of fused-ring (bicyclic) bond motifs is 1. The van der Waals surface area contributed by atoms with Gasteiger partial charge in [-0.3, -0.25) is 4.79 Å². The number of carbonyl (C=O) groups is 1. The van der Waals surface area contributed by atoms with Gasteiger partial charge in [0.2, 0.25) is 5.43 Å². The predicted octanol–water partition coefficient (Wildman–Crippen LogP) is 6.15. The number of hydrogen-bond acceptors (Lipinski definition) is 3. The number of halogens is 2. The Balaban J connectivity index is 1.78. The predicted molar refractivity (Wildman–Crippen MR) is 118 cm³/mol. The number of benzene rings is 2. The standard InChI is InChI=1S/C23H21Cl2NO4/c24-18-7-3-6-16(21(18)25)10-15-8-9-19-17(11-15)22(27)20(30-23(28)29)13-26(19)12-14-4-1-2-5-14/h3,6-9,11,13-14H,1-2,4-5,10,12H2,(H,28,29). The van der Waals surface area contributed by atoms with Crippen LogP contribution in [-0.2, 0) is 13.0 Å². The lowest BCUT2D eigenvalue weighted by Gasteiger charge is -2.17. The largest absolute Gasteiger partial charge is 0.511 e. The van der Waals surface area contributed by atoms with Crippen molar-refractivity contribution in [3.63, 3.8) is 0 Å². The van der Waals surface area contributed by atoms with Gasteiger partial charge in [0, 0.05) is 11.9 Å². The molecule has 1 saturated carbocycles. The van der Waals surface area contributed by atoms with Crippen LogP contribution in [0.25, 0.3) is 10.9 Å². The minimum Gasteiger partial charge on any atom is -0.449 e. The molecule has 0 amide bonds. The maximum atomic E-state index is 12.9. The monoisotopic (exact) mass is 445 g/mol. The summed E-state index contributed by atoms with van der Waals surface area (Å²) < 4.78 is 6.74. The average Bonchev–Trinajstić information content (AvgIpc) is 3.22. The molecular weight excluding hydrogens is 425 g/mol. The Bertz CT molecular complexity index is 1170. The molecular formula is C23H21Cl2NO4. The number of carboxylic acid groups (broad SMARTS) is 1. The first kappa shape index (κ1) is 20.8. The summed E-state index contributed by atoms with van der Waals surface area (Å²) in [6, 6.07) is 11.1. The minimum absolute atomic E-state index is 0.175. The van der Waals surface area contributed by atoms with Gasteiger partial charge in [0.15, 0.2) is 5.75 Å². The van der Waals surface area contributed by atoms with E-state index in [-0.39, 0.29) is 5.75 Å². The number of nitrogens with zero attached hydrogens (tertiary/aromatic N) is 1. The smallest absolute Gasteiger partial charge is 0.449 e. The normalized spacial score (nSPS) is 14.3. The zero-order valence-electron chi connectivity index (χ0n) is 16.2. The molecule has 4 rings (SSSR count). The van der Waals surface area contributed by atoms with Crippen molar-refractivity contribution in [1.82, 2.24) is 4.57 Å². The van der Waals surface area contributed by atoms with Crippen LogP contribution in [0.4, 0.5) is 4.79 Å². The Labute approximate surface area is 183 Å². The van der Waals surface area contributed by atoms with E-state index in [9.17, 15) is 9.59 Å². The number of rotatable bonds is 5.